The van der Waals surface area contributed by atoms with E-state index in [4.69, 9.17) is 18.9 Å². The number of carbonyl (C=O) groups excluding carboxylic acids is 3. The molecule has 0 spiro atoms. The van der Waals surface area contributed by atoms with Crippen molar-refractivity contribution in [2.75, 3.05) is 33.8 Å². The molecule has 2 saturated heterocycles. The molecule has 0 bridgehead atoms. The van der Waals surface area contributed by atoms with Gasteiger partial charge >= 0.3 is 11.9 Å². The number of anilines is 1. The molecular formula is C19H24N2O7. The monoisotopic (exact) mass is 392 g/mol. The van der Waals surface area contributed by atoms with E-state index < -0.39 is 42.1 Å². The number of rotatable bonds is 6. The predicted octanol–water partition coefficient (Wildman–Crippen LogP) is 0.436. The Hall–Kier alpha value is -2.81. The van der Waals surface area contributed by atoms with Gasteiger partial charge in [0.25, 0.3) is 5.91 Å². The zero-order valence-electron chi connectivity index (χ0n) is 16.2. The van der Waals surface area contributed by atoms with E-state index in [2.05, 4.69) is 5.32 Å². The summed E-state index contributed by atoms with van der Waals surface area (Å²) in [6, 6.07) is 5.16. The first kappa shape index (κ1) is 19.9. The minimum Gasteiger partial charge on any atom is -0.497 e. The molecule has 2 heterocycles. The highest BCUT2D eigenvalue weighted by molar-refractivity contribution is 5.93. The Morgan fingerprint density at radius 1 is 1.04 bits per heavy atom. The van der Waals surface area contributed by atoms with E-state index >= 15 is 0 Å². The molecule has 1 aromatic rings. The Morgan fingerprint density at radius 2 is 1.68 bits per heavy atom. The quantitative estimate of drug-likeness (QED) is 0.696. The van der Waals surface area contributed by atoms with Crippen LogP contribution in [0.15, 0.2) is 24.3 Å². The van der Waals surface area contributed by atoms with Crippen LogP contribution >= 0.6 is 0 Å². The van der Waals surface area contributed by atoms with E-state index in [1.807, 2.05) is 0 Å². The summed E-state index contributed by atoms with van der Waals surface area (Å²) in [4.78, 5) is 39.0. The van der Waals surface area contributed by atoms with Crippen LogP contribution in [0.2, 0.25) is 0 Å². The number of hydrogen-bond acceptors (Lipinski definition) is 8. The number of nitrogens with zero attached hydrogens (tertiary/aromatic N) is 1. The number of ether oxygens (including phenoxy) is 4. The van der Waals surface area contributed by atoms with Gasteiger partial charge in [-0.2, -0.15) is 0 Å². The molecule has 1 amide bonds. The molecule has 28 heavy (non-hydrogen) atoms. The van der Waals surface area contributed by atoms with E-state index in [0.29, 0.717) is 5.75 Å². The van der Waals surface area contributed by atoms with Crippen molar-refractivity contribution in [3.05, 3.63) is 24.3 Å². The molecule has 0 aromatic heterocycles. The highest BCUT2D eigenvalue weighted by atomic mass is 16.5. The molecular weight excluding hydrogens is 368 g/mol. The van der Waals surface area contributed by atoms with Gasteiger partial charge in [0.05, 0.1) is 39.3 Å². The summed E-state index contributed by atoms with van der Waals surface area (Å²) in [5.41, 5.74) is 0.729. The first-order valence-electron chi connectivity index (χ1n) is 8.88. The average Bonchev–Trinajstić information content (AvgIpc) is 3.24. The minimum absolute atomic E-state index is 0.146. The summed E-state index contributed by atoms with van der Waals surface area (Å²) in [5, 5.41) is 3.28. The summed E-state index contributed by atoms with van der Waals surface area (Å²) < 4.78 is 20.3. The second-order valence-electron chi connectivity index (χ2n) is 6.70. The Balaban J connectivity index is 1.96. The Kier molecular flexibility index (Phi) is 5.73. The van der Waals surface area contributed by atoms with Gasteiger partial charge in [0.1, 0.15) is 11.8 Å². The summed E-state index contributed by atoms with van der Waals surface area (Å²) >= 11 is 0. The van der Waals surface area contributed by atoms with Gasteiger partial charge in [-0.3, -0.25) is 9.59 Å². The van der Waals surface area contributed by atoms with Crippen LogP contribution in [-0.2, 0) is 28.6 Å². The maximum Gasteiger partial charge on any atom is 0.328 e. The van der Waals surface area contributed by atoms with E-state index in [1.54, 1.807) is 31.4 Å². The van der Waals surface area contributed by atoms with Gasteiger partial charge in [0, 0.05) is 12.8 Å². The van der Waals surface area contributed by atoms with Gasteiger partial charge in [-0.25, -0.2) is 4.79 Å². The van der Waals surface area contributed by atoms with Crippen molar-refractivity contribution < 1.29 is 33.3 Å². The fraction of sp³-hybridized carbons (Fsp3) is 0.526. The van der Waals surface area contributed by atoms with E-state index in [0.717, 1.165) is 5.69 Å². The first-order chi connectivity index (χ1) is 13.5. The first-order valence-corrected chi connectivity index (χ1v) is 8.88. The van der Waals surface area contributed by atoms with Crippen LogP contribution in [0.25, 0.3) is 0 Å². The van der Waals surface area contributed by atoms with Crippen LogP contribution in [-0.4, -0.2) is 75.4 Å². The van der Waals surface area contributed by atoms with Gasteiger partial charge in [-0.1, -0.05) is 0 Å². The number of amides is 1. The molecule has 9 nitrogen and oxygen atoms in total. The largest absolute Gasteiger partial charge is 0.497 e. The maximum atomic E-state index is 13.0. The number of nitrogens with one attached hydrogen (secondary N) is 1. The number of benzene rings is 1. The molecule has 0 radical (unpaired) electrons. The molecule has 0 unspecified atom stereocenters. The fourth-order valence-corrected chi connectivity index (χ4v) is 4.12. The lowest BCUT2D eigenvalue weighted by Crippen LogP contribution is -2.45. The molecule has 0 aliphatic carbocycles. The molecule has 1 aromatic carbocycles. The summed E-state index contributed by atoms with van der Waals surface area (Å²) in [6.45, 7) is 0. The summed E-state index contributed by atoms with van der Waals surface area (Å²) in [5.74, 6) is -1.39. The molecule has 2 aliphatic rings. The number of methoxy groups -OCH3 is 4. The standard InChI is InChI=1S/C19H24N2O7/c1-25-11-7-5-10(6-8-11)20-14-15-12(18(23)27-3)9-13(19(24)28-4)21(15)17(22)16(14)26-2/h5-8,12-16,20H,9H2,1-4H3/t12-,13-,14+,15+,16-/m1/s1. The lowest BCUT2D eigenvalue weighted by molar-refractivity contribution is -0.152. The van der Waals surface area contributed by atoms with Gasteiger partial charge in [-0.15, -0.1) is 0 Å². The molecule has 2 aliphatic heterocycles. The highest BCUT2D eigenvalue weighted by Crippen LogP contribution is 2.41. The van der Waals surface area contributed by atoms with Crippen molar-refractivity contribution >= 4 is 23.5 Å². The average molecular weight is 392 g/mol. The van der Waals surface area contributed by atoms with Crippen LogP contribution in [0.3, 0.4) is 0 Å². The van der Waals surface area contributed by atoms with Crippen molar-refractivity contribution in [1.29, 1.82) is 0 Å². The van der Waals surface area contributed by atoms with Crippen molar-refractivity contribution in [2.24, 2.45) is 5.92 Å². The van der Waals surface area contributed by atoms with Gasteiger partial charge < -0.3 is 29.2 Å². The summed E-state index contributed by atoms with van der Waals surface area (Å²) in [7, 11) is 5.54. The molecule has 152 valence electrons. The minimum atomic E-state index is -0.855. The zero-order chi connectivity index (χ0) is 20.4. The van der Waals surface area contributed by atoms with Crippen molar-refractivity contribution in [3.63, 3.8) is 0 Å². The van der Waals surface area contributed by atoms with Gasteiger partial charge in [-0.05, 0) is 30.7 Å². The Bertz CT molecular complexity index is 751. The number of carbonyl (C=O) groups is 3. The smallest absolute Gasteiger partial charge is 0.328 e. The van der Waals surface area contributed by atoms with Crippen molar-refractivity contribution in [2.45, 2.75) is 30.7 Å². The summed E-state index contributed by atoms with van der Waals surface area (Å²) in [6.07, 6.45) is -0.709. The second-order valence-corrected chi connectivity index (χ2v) is 6.70. The third-order valence-electron chi connectivity index (χ3n) is 5.39. The van der Waals surface area contributed by atoms with Crippen LogP contribution in [0.4, 0.5) is 5.69 Å². The maximum absolute atomic E-state index is 13.0. The van der Waals surface area contributed by atoms with Crippen LogP contribution in [0.1, 0.15) is 6.42 Å². The normalized spacial score (nSPS) is 28.6. The van der Waals surface area contributed by atoms with Crippen molar-refractivity contribution in [3.8, 4) is 5.75 Å². The van der Waals surface area contributed by atoms with E-state index in [-0.39, 0.29) is 12.3 Å². The predicted molar refractivity (Wildman–Crippen MR) is 97.8 cm³/mol. The molecule has 2 fully saturated rings. The number of esters is 2. The Labute approximate surface area is 162 Å². The highest BCUT2D eigenvalue weighted by Gasteiger charge is 2.62. The third kappa shape index (κ3) is 3.26. The SMILES string of the molecule is COC(=O)[C@H]1C[C@@H](C(=O)OC)[C@H]2[C@H](Nc3ccc(OC)cc3)[C@@H](OC)C(=O)N21. The molecule has 5 atom stereocenters. The zero-order valence-corrected chi connectivity index (χ0v) is 16.2. The topological polar surface area (TPSA) is 103 Å². The molecule has 0 saturated carbocycles. The van der Waals surface area contributed by atoms with Crippen LogP contribution < -0.4 is 10.1 Å². The lowest BCUT2D eigenvalue weighted by Gasteiger charge is -2.27. The molecule has 3 rings (SSSR count). The van der Waals surface area contributed by atoms with Crippen LogP contribution in [0, 0.1) is 5.92 Å². The number of fused-ring (bicyclic) bond motifs is 1. The van der Waals surface area contributed by atoms with Gasteiger partial charge in [0.15, 0.2) is 6.10 Å². The van der Waals surface area contributed by atoms with E-state index in [1.165, 1.54) is 26.2 Å². The van der Waals surface area contributed by atoms with Gasteiger partial charge in [0.2, 0.25) is 0 Å². The molecule has 9 heteroatoms. The van der Waals surface area contributed by atoms with Crippen LogP contribution in [0.5, 0.6) is 5.75 Å². The van der Waals surface area contributed by atoms with Crippen molar-refractivity contribution in [1.82, 2.24) is 4.90 Å². The Morgan fingerprint density at radius 3 is 2.21 bits per heavy atom. The third-order valence-corrected chi connectivity index (χ3v) is 5.39. The molecule has 1 N–H and O–H groups in total. The number of hydrogen-bond donors (Lipinski definition) is 1. The fourth-order valence-electron chi connectivity index (χ4n) is 4.12. The van der Waals surface area contributed by atoms with E-state index in [9.17, 15) is 14.4 Å². The lowest BCUT2D eigenvalue weighted by atomic mass is 9.92. The second kappa shape index (κ2) is 8.05.